The lowest BCUT2D eigenvalue weighted by molar-refractivity contribution is 0.628. The van der Waals surface area contributed by atoms with Crippen LogP contribution in [0.25, 0.3) is 22.6 Å². The number of nitrogens with zero attached hydrogens (tertiary/aromatic N) is 2. The van der Waals surface area contributed by atoms with Gasteiger partial charge in [-0.3, -0.25) is 0 Å². The molecule has 1 aromatic carbocycles. The van der Waals surface area contributed by atoms with Crippen LogP contribution < -0.4 is 0 Å². The molecule has 3 nitrogen and oxygen atoms in total. The molecule has 17 heavy (non-hydrogen) atoms. The van der Waals surface area contributed by atoms with Crippen LogP contribution in [0.1, 0.15) is 5.56 Å². The number of aryl methyl sites for hydroxylation is 1. The predicted molar refractivity (Wildman–Crippen MR) is 64.0 cm³/mol. The highest BCUT2D eigenvalue weighted by atomic mass is 19.1. The Hall–Kier alpha value is -2.23. The molecule has 0 fully saturated rings. The molecule has 0 atom stereocenters. The molecule has 3 aromatic rings. The monoisotopic (exact) mass is 227 g/mol. The Bertz CT molecular complexity index is 671. The van der Waals surface area contributed by atoms with Crippen molar-refractivity contribution in [3.8, 4) is 11.4 Å². The summed E-state index contributed by atoms with van der Waals surface area (Å²) in [7, 11) is 0. The van der Waals surface area contributed by atoms with Crippen LogP contribution in [0.3, 0.4) is 0 Å². The van der Waals surface area contributed by atoms with Crippen molar-refractivity contribution in [1.82, 2.24) is 15.0 Å². The maximum atomic E-state index is 12.8. The highest BCUT2D eigenvalue weighted by Gasteiger charge is 2.07. The summed E-state index contributed by atoms with van der Waals surface area (Å²) >= 11 is 0. The van der Waals surface area contributed by atoms with E-state index in [1.54, 1.807) is 18.3 Å². The lowest BCUT2D eigenvalue weighted by Gasteiger charge is -1.94. The largest absolute Gasteiger partial charge is 0.323 e. The lowest BCUT2D eigenvalue weighted by atomic mass is 10.2. The van der Waals surface area contributed by atoms with Crippen molar-refractivity contribution in [3.63, 3.8) is 0 Å². The van der Waals surface area contributed by atoms with Crippen LogP contribution in [-0.2, 0) is 0 Å². The molecule has 0 unspecified atom stereocenters. The van der Waals surface area contributed by atoms with Crippen LogP contribution >= 0.6 is 0 Å². The van der Waals surface area contributed by atoms with E-state index >= 15 is 0 Å². The number of fused-ring (bicyclic) bond motifs is 1. The fourth-order valence-electron chi connectivity index (χ4n) is 1.78. The fourth-order valence-corrected chi connectivity index (χ4v) is 1.78. The van der Waals surface area contributed by atoms with Gasteiger partial charge in [-0.05, 0) is 42.8 Å². The smallest absolute Gasteiger partial charge is 0.157 e. The van der Waals surface area contributed by atoms with Crippen molar-refractivity contribution in [2.24, 2.45) is 0 Å². The van der Waals surface area contributed by atoms with Gasteiger partial charge >= 0.3 is 0 Å². The van der Waals surface area contributed by atoms with E-state index in [1.165, 1.54) is 12.1 Å². The Labute approximate surface area is 97.3 Å². The van der Waals surface area contributed by atoms with Crippen molar-refractivity contribution < 1.29 is 4.39 Å². The topological polar surface area (TPSA) is 41.6 Å². The number of aromatic amines is 1. The van der Waals surface area contributed by atoms with Gasteiger partial charge in [-0.1, -0.05) is 0 Å². The molecule has 0 aliphatic heterocycles. The van der Waals surface area contributed by atoms with Gasteiger partial charge in [0.2, 0.25) is 0 Å². The van der Waals surface area contributed by atoms with Gasteiger partial charge in [0, 0.05) is 11.8 Å². The summed E-state index contributed by atoms with van der Waals surface area (Å²) in [5, 5.41) is 0. The number of halogens is 1. The van der Waals surface area contributed by atoms with Crippen molar-refractivity contribution in [3.05, 3.63) is 47.9 Å². The van der Waals surface area contributed by atoms with Gasteiger partial charge < -0.3 is 4.98 Å². The third-order valence-corrected chi connectivity index (χ3v) is 2.70. The molecular weight excluding hydrogens is 217 g/mol. The van der Waals surface area contributed by atoms with Gasteiger partial charge in [-0.15, -0.1) is 0 Å². The summed E-state index contributed by atoms with van der Waals surface area (Å²) in [5.41, 5.74) is 3.53. The Morgan fingerprint density at radius 3 is 2.59 bits per heavy atom. The number of nitrogens with one attached hydrogen (secondary N) is 1. The lowest BCUT2D eigenvalue weighted by Crippen LogP contribution is -1.80. The molecule has 84 valence electrons. The standard InChI is InChI=1S/C13H10FN3/c1-8-6-7-15-13-11(8)16-12(17-13)9-2-4-10(14)5-3-9/h2-7H,1H3,(H,15,16,17). The number of imidazole rings is 1. The molecule has 1 N–H and O–H groups in total. The fraction of sp³-hybridized carbons (Fsp3) is 0.0769. The molecule has 0 aliphatic rings. The van der Waals surface area contributed by atoms with Crippen LogP contribution in [0.5, 0.6) is 0 Å². The molecular formula is C13H10FN3. The highest BCUT2D eigenvalue weighted by molar-refractivity contribution is 5.78. The van der Waals surface area contributed by atoms with E-state index in [2.05, 4.69) is 15.0 Å². The summed E-state index contributed by atoms with van der Waals surface area (Å²) < 4.78 is 12.8. The number of hydrogen-bond donors (Lipinski definition) is 1. The molecule has 0 saturated carbocycles. The molecule has 2 heterocycles. The number of rotatable bonds is 1. The summed E-state index contributed by atoms with van der Waals surface area (Å²) in [6.45, 7) is 1.99. The minimum absolute atomic E-state index is 0.251. The van der Waals surface area contributed by atoms with Gasteiger partial charge in [0.15, 0.2) is 5.65 Å². The normalized spacial score (nSPS) is 10.9. The van der Waals surface area contributed by atoms with Crippen LogP contribution in [0.4, 0.5) is 4.39 Å². The molecule has 0 spiro atoms. The molecule has 0 aliphatic carbocycles. The zero-order chi connectivity index (χ0) is 11.8. The molecule has 4 heteroatoms. The zero-order valence-electron chi connectivity index (χ0n) is 9.24. The number of H-pyrrole nitrogens is 1. The Morgan fingerprint density at radius 1 is 1.12 bits per heavy atom. The van der Waals surface area contributed by atoms with E-state index in [9.17, 15) is 4.39 Å². The van der Waals surface area contributed by atoms with Gasteiger partial charge in [0.25, 0.3) is 0 Å². The van der Waals surface area contributed by atoms with Gasteiger partial charge in [0.1, 0.15) is 17.2 Å². The molecule has 0 bridgehead atoms. The second-order valence-electron chi connectivity index (χ2n) is 3.92. The van der Waals surface area contributed by atoms with Crippen LogP contribution in [0, 0.1) is 12.7 Å². The quantitative estimate of drug-likeness (QED) is 0.694. The first-order valence-corrected chi connectivity index (χ1v) is 5.31. The maximum Gasteiger partial charge on any atom is 0.157 e. The van der Waals surface area contributed by atoms with Crippen molar-refractivity contribution >= 4 is 11.2 Å². The molecule has 0 radical (unpaired) electrons. The van der Waals surface area contributed by atoms with Gasteiger partial charge in [-0.25, -0.2) is 14.4 Å². The SMILES string of the molecule is Cc1ccnc2[nH]c(-c3ccc(F)cc3)nc12. The second-order valence-corrected chi connectivity index (χ2v) is 3.92. The van der Waals surface area contributed by atoms with E-state index in [0.29, 0.717) is 5.82 Å². The van der Waals surface area contributed by atoms with E-state index in [-0.39, 0.29) is 5.82 Å². The Balaban J connectivity index is 2.18. The summed E-state index contributed by atoms with van der Waals surface area (Å²) in [4.78, 5) is 11.8. The van der Waals surface area contributed by atoms with E-state index in [1.807, 2.05) is 13.0 Å². The van der Waals surface area contributed by atoms with E-state index < -0.39 is 0 Å². The highest BCUT2D eigenvalue weighted by Crippen LogP contribution is 2.21. The minimum atomic E-state index is -0.251. The number of hydrogen-bond acceptors (Lipinski definition) is 2. The van der Waals surface area contributed by atoms with Crippen LogP contribution in [0.2, 0.25) is 0 Å². The second kappa shape index (κ2) is 3.66. The first-order valence-electron chi connectivity index (χ1n) is 5.31. The maximum absolute atomic E-state index is 12.8. The van der Waals surface area contributed by atoms with Crippen LogP contribution in [-0.4, -0.2) is 15.0 Å². The van der Waals surface area contributed by atoms with Gasteiger partial charge in [0.05, 0.1) is 0 Å². The Kier molecular flexibility index (Phi) is 2.14. The first-order chi connectivity index (χ1) is 8.24. The average Bonchev–Trinajstić information content (AvgIpc) is 2.75. The van der Waals surface area contributed by atoms with Gasteiger partial charge in [-0.2, -0.15) is 0 Å². The third-order valence-electron chi connectivity index (χ3n) is 2.70. The number of aromatic nitrogens is 3. The zero-order valence-corrected chi connectivity index (χ0v) is 9.24. The predicted octanol–water partition coefficient (Wildman–Crippen LogP) is 3.07. The average molecular weight is 227 g/mol. The van der Waals surface area contributed by atoms with E-state index in [0.717, 1.165) is 22.3 Å². The van der Waals surface area contributed by atoms with Crippen LogP contribution in [0.15, 0.2) is 36.5 Å². The molecule has 0 amide bonds. The first kappa shape index (κ1) is 9.96. The number of benzene rings is 1. The summed E-state index contributed by atoms with van der Waals surface area (Å²) in [5.74, 6) is 0.459. The molecule has 0 saturated heterocycles. The van der Waals surface area contributed by atoms with Crippen molar-refractivity contribution in [2.75, 3.05) is 0 Å². The molecule has 2 aromatic heterocycles. The minimum Gasteiger partial charge on any atom is -0.323 e. The molecule has 3 rings (SSSR count). The van der Waals surface area contributed by atoms with Crippen molar-refractivity contribution in [2.45, 2.75) is 6.92 Å². The summed E-state index contributed by atoms with van der Waals surface area (Å²) in [6, 6.07) is 8.15. The van der Waals surface area contributed by atoms with E-state index in [4.69, 9.17) is 0 Å². The summed E-state index contributed by atoms with van der Waals surface area (Å²) in [6.07, 6.45) is 1.74. The third kappa shape index (κ3) is 1.67. The number of pyridine rings is 1. The van der Waals surface area contributed by atoms with Crippen molar-refractivity contribution in [1.29, 1.82) is 0 Å². The Morgan fingerprint density at radius 2 is 1.88 bits per heavy atom.